The Morgan fingerprint density at radius 2 is 1.52 bits per heavy atom. The first-order valence-corrected chi connectivity index (χ1v) is 7.38. The summed E-state index contributed by atoms with van der Waals surface area (Å²) in [5.41, 5.74) is 1.76. The average Bonchev–Trinajstić information content (AvgIpc) is 2.52. The van der Waals surface area contributed by atoms with E-state index in [-0.39, 0.29) is 42.3 Å². The summed E-state index contributed by atoms with van der Waals surface area (Å²) in [7, 11) is 0. The molecule has 0 radical (unpaired) electrons. The molecule has 5 heteroatoms. The topological polar surface area (TPSA) is 69.6 Å². The van der Waals surface area contributed by atoms with Crippen molar-refractivity contribution in [2.75, 3.05) is 6.54 Å². The summed E-state index contributed by atoms with van der Waals surface area (Å²) < 4.78 is 0. The van der Waals surface area contributed by atoms with Crippen molar-refractivity contribution in [1.82, 2.24) is 5.32 Å². The van der Waals surface area contributed by atoms with E-state index >= 15 is 0 Å². The second-order valence-electron chi connectivity index (χ2n) is 5.46. The molecule has 1 atom stereocenters. The van der Waals surface area contributed by atoms with Gasteiger partial charge in [0, 0.05) is 11.6 Å². The summed E-state index contributed by atoms with van der Waals surface area (Å²) in [5.74, 6) is 0.442. The van der Waals surface area contributed by atoms with E-state index in [2.05, 4.69) is 5.32 Å². The predicted octanol–water partition coefficient (Wildman–Crippen LogP) is 3.31. The third-order valence-corrected chi connectivity index (χ3v) is 3.60. The van der Waals surface area contributed by atoms with E-state index in [1.54, 1.807) is 24.3 Å². The molecule has 0 aliphatic heterocycles. The summed E-state index contributed by atoms with van der Waals surface area (Å²) >= 11 is 0. The lowest BCUT2D eigenvalue weighted by atomic mass is 10.1. The van der Waals surface area contributed by atoms with Crippen LogP contribution in [0.5, 0.6) is 11.5 Å². The number of Topliss-reactive ketones (excluding diaryl/α,β-unsaturated/α-hetero) is 1. The maximum absolute atomic E-state index is 12.0. The van der Waals surface area contributed by atoms with E-state index in [4.69, 9.17) is 0 Å². The van der Waals surface area contributed by atoms with Crippen molar-refractivity contribution in [1.29, 1.82) is 0 Å². The summed E-state index contributed by atoms with van der Waals surface area (Å²) in [6, 6.07) is 13.7. The molecule has 1 unspecified atom stereocenters. The van der Waals surface area contributed by atoms with Gasteiger partial charge in [-0.25, -0.2) is 0 Å². The van der Waals surface area contributed by atoms with Gasteiger partial charge in [0.15, 0.2) is 5.78 Å². The van der Waals surface area contributed by atoms with Gasteiger partial charge in [-0.3, -0.25) is 4.79 Å². The van der Waals surface area contributed by atoms with Crippen LogP contribution in [0.25, 0.3) is 0 Å². The minimum Gasteiger partial charge on any atom is -0.508 e. The van der Waals surface area contributed by atoms with Crippen molar-refractivity contribution in [3.05, 3.63) is 59.7 Å². The molecule has 2 rings (SSSR count). The zero-order valence-electron chi connectivity index (χ0n) is 13.0. The molecule has 0 fully saturated rings. The van der Waals surface area contributed by atoms with E-state index < -0.39 is 0 Å². The number of carbonyl (C=O) groups excluding carboxylic acids is 1. The Hall–Kier alpha value is -2.04. The van der Waals surface area contributed by atoms with Crippen molar-refractivity contribution < 1.29 is 15.0 Å². The normalized spacial score (nSPS) is 11.5. The van der Waals surface area contributed by atoms with Gasteiger partial charge in [0.05, 0.1) is 6.54 Å². The largest absolute Gasteiger partial charge is 0.508 e. The molecule has 2 aromatic carbocycles. The number of hydrogen-bond acceptors (Lipinski definition) is 4. The van der Waals surface area contributed by atoms with Crippen molar-refractivity contribution in [2.24, 2.45) is 0 Å². The van der Waals surface area contributed by atoms with Gasteiger partial charge >= 0.3 is 0 Å². The first kappa shape index (κ1) is 19.0. The monoisotopic (exact) mass is 335 g/mol. The third kappa shape index (κ3) is 6.30. The molecule has 4 nitrogen and oxygen atoms in total. The highest BCUT2D eigenvalue weighted by Gasteiger charge is 2.08. The molecule has 0 saturated carbocycles. The SMILES string of the molecule is CC(CCc1ccc(O)cc1)NCC(=O)c1ccc(O)cc1.Cl. The number of hydrogen-bond donors (Lipinski definition) is 3. The molecule has 0 aromatic heterocycles. The van der Waals surface area contributed by atoms with Crippen LogP contribution in [-0.2, 0) is 6.42 Å². The summed E-state index contributed by atoms with van der Waals surface area (Å²) in [6.07, 6.45) is 1.80. The predicted molar refractivity (Wildman–Crippen MR) is 93.6 cm³/mol. The van der Waals surface area contributed by atoms with Gasteiger partial charge in [0.1, 0.15) is 11.5 Å². The molecule has 124 valence electrons. The summed E-state index contributed by atoms with van der Waals surface area (Å²) in [4.78, 5) is 12.0. The van der Waals surface area contributed by atoms with Crippen molar-refractivity contribution in [2.45, 2.75) is 25.8 Å². The van der Waals surface area contributed by atoms with E-state index in [9.17, 15) is 15.0 Å². The Bertz CT molecular complexity index is 611. The fourth-order valence-electron chi connectivity index (χ4n) is 2.16. The van der Waals surface area contributed by atoms with Crippen LogP contribution >= 0.6 is 12.4 Å². The van der Waals surface area contributed by atoms with Gasteiger partial charge in [0.25, 0.3) is 0 Å². The summed E-state index contributed by atoms with van der Waals surface area (Å²) in [5, 5.41) is 21.7. The highest BCUT2D eigenvalue weighted by Crippen LogP contribution is 2.12. The maximum atomic E-state index is 12.0. The smallest absolute Gasteiger partial charge is 0.176 e. The van der Waals surface area contributed by atoms with E-state index in [0.717, 1.165) is 18.4 Å². The number of nitrogens with one attached hydrogen (secondary N) is 1. The fourth-order valence-corrected chi connectivity index (χ4v) is 2.16. The number of phenolic OH excluding ortho intramolecular Hbond substituents is 2. The maximum Gasteiger partial charge on any atom is 0.176 e. The first-order valence-electron chi connectivity index (χ1n) is 7.38. The van der Waals surface area contributed by atoms with Crippen LogP contribution in [-0.4, -0.2) is 28.6 Å². The van der Waals surface area contributed by atoms with E-state index in [1.165, 1.54) is 12.1 Å². The fraction of sp³-hybridized carbons (Fsp3) is 0.278. The molecule has 0 saturated heterocycles. The average molecular weight is 336 g/mol. The van der Waals surface area contributed by atoms with Crippen molar-refractivity contribution >= 4 is 18.2 Å². The Labute approximate surface area is 142 Å². The number of benzene rings is 2. The van der Waals surface area contributed by atoms with Crippen LogP contribution in [0.2, 0.25) is 0 Å². The standard InChI is InChI=1S/C18H21NO3.ClH/c1-13(2-3-14-4-8-16(20)9-5-14)19-12-18(22)15-6-10-17(21)11-7-15;/h4-11,13,19-21H,2-3,12H2,1H3;1H. The molecule has 0 aliphatic rings. The van der Waals surface area contributed by atoms with E-state index in [1.807, 2.05) is 19.1 Å². The number of ketones is 1. The lowest BCUT2D eigenvalue weighted by molar-refractivity contribution is 0.0987. The lowest BCUT2D eigenvalue weighted by Crippen LogP contribution is -2.31. The second-order valence-corrected chi connectivity index (χ2v) is 5.46. The molecule has 23 heavy (non-hydrogen) atoms. The van der Waals surface area contributed by atoms with Crippen LogP contribution in [0.3, 0.4) is 0 Å². The quantitative estimate of drug-likeness (QED) is 0.679. The molecule has 2 aromatic rings. The van der Waals surface area contributed by atoms with Gasteiger partial charge in [0.2, 0.25) is 0 Å². The molecular formula is C18H22ClNO3. The minimum absolute atomic E-state index is 0. The van der Waals surface area contributed by atoms with Crippen molar-refractivity contribution in [3.63, 3.8) is 0 Å². The highest BCUT2D eigenvalue weighted by molar-refractivity contribution is 5.97. The number of aryl methyl sites for hydroxylation is 1. The first-order chi connectivity index (χ1) is 10.5. The zero-order chi connectivity index (χ0) is 15.9. The van der Waals surface area contributed by atoms with Crippen LogP contribution in [0.15, 0.2) is 48.5 Å². The van der Waals surface area contributed by atoms with E-state index in [0.29, 0.717) is 5.56 Å². The Morgan fingerprint density at radius 1 is 1.00 bits per heavy atom. The van der Waals surface area contributed by atoms with Crippen LogP contribution in [0, 0.1) is 0 Å². The van der Waals surface area contributed by atoms with Gasteiger partial charge in [-0.2, -0.15) is 0 Å². The number of phenols is 2. The molecule has 0 bridgehead atoms. The number of halogens is 1. The molecule has 0 heterocycles. The van der Waals surface area contributed by atoms with Crippen LogP contribution in [0.4, 0.5) is 0 Å². The number of carbonyl (C=O) groups is 1. The number of aromatic hydroxyl groups is 2. The third-order valence-electron chi connectivity index (χ3n) is 3.60. The Balaban J connectivity index is 0.00000264. The summed E-state index contributed by atoms with van der Waals surface area (Å²) in [6.45, 7) is 2.33. The van der Waals surface area contributed by atoms with Crippen LogP contribution in [0.1, 0.15) is 29.3 Å². The Morgan fingerprint density at radius 3 is 2.09 bits per heavy atom. The minimum atomic E-state index is 0. The highest BCUT2D eigenvalue weighted by atomic mass is 35.5. The molecular weight excluding hydrogens is 314 g/mol. The molecule has 0 aliphatic carbocycles. The zero-order valence-corrected chi connectivity index (χ0v) is 13.8. The molecule has 0 amide bonds. The van der Waals surface area contributed by atoms with Gasteiger partial charge in [-0.1, -0.05) is 12.1 Å². The van der Waals surface area contributed by atoms with Gasteiger partial charge < -0.3 is 15.5 Å². The van der Waals surface area contributed by atoms with Crippen LogP contribution < -0.4 is 5.32 Å². The van der Waals surface area contributed by atoms with Gasteiger partial charge in [-0.05, 0) is 61.7 Å². The number of rotatable bonds is 7. The molecule has 0 spiro atoms. The lowest BCUT2D eigenvalue weighted by Gasteiger charge is -2.13. The Kier molecular flexibility index (Phi) is 7.59. The second kappa shape index (κ2) is 9.18. The van der Waals surface area contributed by atoms with Crippen molar-refractivity contribution in [3.8, 4) is 11.5 Å². The molecule has 3 N–H and O–H groups in total. The van der Waals surface area contributed by atoms with Gasteiger partial charge in [-0.15, -0.1) is 12.4 Å².